The lowest BCUT2D eigenvalue weighted by atomic mass is 9.81. The van der Waals surface area contributed by atoms with E-state index in [4.69, 9.17) is 10.0 Å². The summed E-state index contributed by atoms with van der Waals surface area (Å²) in [4.78, 5) is 2.97. The zero-order chi connectivity index (χ0) is 14.7. The highest BCUT2D eigenvalue weighted by atomic mass is 32.2. The fraction of sp³-hybridized carbons (Fsp3) is 0.538. The van der Waals surface area contributed by atoms with Gasteiger partial charge in [-0.15, -0.1) is 4.31 Å². The Morgan fingerprint density at radius 3 is 2.30 bits per heavy atom. The molecule has 0 radical (unpaired) electrons. The molecule has 1 aromatic rings. The van der Waals surface area contributed by atoms with Gasteiger partial charge < -0.3 is 19.5 Å². The lowest BCUT2D eigenvalue weighted by Gasteiger charge is -2.34. The van der Waals surface area contributed by atoms with Crippen molar-refractivity contribution in [3.8, 4) is 0 Å². The van der Waals surface area contributed by atoms with Gasteiger partial charge in [0.25, 0.3) is 0 Å². The van der Waals surface area contributed by atoms with E-state index in [0.717, 1.165) is 25.9 Å². The van der Waals surface area contributed by atoms with Crippen molar-refractivity contribution in [2.75, 3.05) is 27.2 Å². The maximum Gasteiger partial charge on any atom is 0.488 e. The zero-order valence-electron chi connectivity index (χ0n) is 11.9. The van der Waals surface area contributed by atoms with Crippen LogP contribution in [0.3, 0.4) is 0 Å². The van der Waals surface area contributed by atoms with Crippen molar-refractivity contribution in [3.05, 3.63) is 24.3 Å². The number of benzene rings is 1. The molecule has 2 rings (SSSR count). The molecule has 0 aliphatic carbocycles. The standard InChI is InChI=1S/C13H21BN2O3S/c1-15-9-7-12(8-10-15)16(2)20(19)13-5-3-11(4-6-13)14(17)18/h3-6,12,17-18H,7-10H2,1-2H3. The fourth-order valence-corrected chi connectivity index (χ4v) is 3.60. The van der Waals surface area contributed by atoms with Crippen molar-refractivity contribution in [3.63, 3.8) is 0 Å². The molecule has 5 nitrogen and oxygen atoms in total. The molecule has 1 atom stereocenters. The first-order chi connectivity index (χ1) is 9.49. The van der Waals surface area contributed by atoms with Gasteiger partial charge in [0.05, 0.1) is 17.4 Å². The van der Waals surface area contributed by atoms with Crippen LogP contribution in [-0.4, -0.2) is 64.2 Å². The molecule has 1 unspecified atom stereocenters. The third kappa shape index (κ3) is 3.75. The van der Waals surface area contributed by atoms with Crippen molar-refractivity contribution in [2.24, 2.45) is 0 Å². The second kappa shape index (κ2) is 6.93. The molecule has 1 aliphatic heterocycles. The van der Waals surface area contributed by atoms with Crippen LogP contribution >= 0.6 is 0 Å². The monoisotopic (exact) mass is 296 g/mol. The Kier molecular flexibility index (Phi) is 5.48. The number of hydrogen-bond donors (Lipinski definition) is 2. The largest absolute Gasteiger partial charge is 0.593 e. The highest BCUT2D eigenvalue weighted by Crippen LogP contribution is 2.21. The molecule has 1 aliphatic rings. The third-order valence-corrected chi connectivity index (χ3v) is 5.34. The number of rotatable bonds is 4. The molecule has 110 valence electrons. The fourth-order valence-electron chi connectivity index (χ4n) is 2.42. The minimum atomic E-state index is -1.48. The van der Waals surface area contributed by atoms with Crippen LogP contribution in [0.15, 0.2) is 29.2 Å². The predicted molar refractivity (Wildman–Crippen MR) is 81.0 cm³/mol. The smallest absolute Gasteiger partial charge is 0.488 e. The van der Waals surface area contributed by atoms with E-state index in [1.165, 1.54) is 0 Å². The third-order valence-electron chi connectivity index (χ3n) is 3.84. The van der Waals surface area contributed by atoms with Gasteiger partial charge >= 0.3 is 7.12 Å². The molecule has 0 spiro atoms. The van der Waals surface area contributed by atoms with Crippen molar-refractivity contribution in [2.45, 2.75) is 23.8 Å². The van der Waals surface area contributed by atoms with Crippen LogP contribution in [0.4, 0.5) is 0 Å². The molecule has 1 aromatic carbocycles. The second-order valence-electron chi connectivity index (χ2n) is 5.27. The van der Waals surface area contributed by atoms with Crippen LogP contribution in [-0.2, 0) is 11.4 Å². The maximum absolute atomic E-state index is 12.5. The molecule has 1 saturated heterocycles. The first-order valence-electron chi connectivity index (χ1n) is 6.78. The summed E-state index contributed by atoms with van der Waals surface area (Å²) in [5.74, 6) is 0. The summed E-state index contributed by atoms with van der Waals surface area (Å²) in [5.41, 5.74) is 0.410. The normalized spacial score (nSPS) is 19.3. The number of nitrogens with zero attached hydrogens (tertiary/aromatic N) is 2. The van der Waals surface area contributed by atoms with Gasteiger partial charge in [0, 0.05) is 7.05 Å². The molecule has 1 heterocycles. The first-order valence-corrected chi connectivity index (χ1v) is 7.89. The van der Waals surface area contributed by atoms with E-state index in [0.29, 0.717) is 16.4 Å². The number of hydrogen-bond acceptors (Lipinski definition) is 5. The molecule has 0 saturated carbocycles. The van der Waals surface area contributed by atoms with Crippen molar-refractivity contribution in [1.82, 2.24) is 9.21 Å². The zero-order valence-corrected chi connectivity index (χ0v) is 12.7. The van der Waals surface area contributed by atoms with Gasteiger partial charge in [-0.05, 0) is 50.6 Å². The Bertz CT molecular complexity index is 424. The van der Waals surface area contributed by atoms with Crippen molar-refractivity contribution in [1.29, 1.82) is 0 Å². The summed E-state index contributed by atoms with van der Waals surface area (Å²) < 4.78 is 14.4. The second-order valence-corrected chi connectivity index (χ2v) is 6.82. The molecule has 0 aromatic heterocycles. The van der Waals surface area contributed by atoms with Crippen LogP contribution in [0, 0.1) is 0 Å². The predicted octanol–water partition coefficient (Wildman–Crippen LogP) is -0.585. The molecular formula is C13H21BN2O3S. The van der Waals surface area contributed by atoms with Crippen LogP contribution < -0.4 is 5.46 Å². The van der Waals surface area contributed by atoms with Crippen molar-refractivity contribution >= 4 is 23.9 Å². The quantitative estimate of drug-likeness (QED) is 0.574. The summed E-state index contributed by atoms with van der Waals surface area (Å²) in [6.45, 7) is 2.06. The lowest BCUT2D eigenvalue weighted by Crippen LogP contribution is -2.44. The minimum absolute atomic E-state index is 0.329. The topological polar surface area (TPSA) is 70.0 Å². The van der Waals surface area contributed by atoms with Crippen LogP contribution in [0.1, 0.15) is 12.8 Å². The Balaban J connectivity index is 2.00. The van der Waals surface area contributed by atoms with Crippen LogP contribution in [0.5, 0.6) is 0 Å². The van der Waals surface area contributed by atoms with Gasteiger partial charge in [-0.2, -0.15) is 0 Å². The molecule has 1 fully saturated rings. The van der Waals surface area contributed by atoms with Gasteiger partial charge in [-0.25, -0.2) is 0 Å². The van der Waals surface area contributed by atoms with E-state index in [2.05, 4.69) is 11.9 Å². The van der Waals surface area contributed by atoms with E-state index < -0.39 is 18.5 Å². The SMILES string of the molecule is CN1CCC(N(C)[S+]([O-])c2ccc(B(O)O)cc2)CC1. The molecule has 20 heavy (non-hydrogen) atoms. The van der Waals surface area contributed by atoms with E-state index in [1.54, 1.807) is 24.3 Å². The van der Waals surface area contributed by atoms with Gasteiger partial charge in [0.15, 0.2) is 4.90 Å². The molecule has 0 bridgehead atoms. The molecule has 7 heteroatoms. The Morgan fingerprint density at radius 2 is 1.80 bits per heavy atom. The summed E-state index contributed by atoms with van der Waals surface area (Å²) in [7, 11) is 2.51. The lowest BCUT2D eigenvalue weighted by molar-refractivity contribution is 0.197. The summed E-state index contributed by atoms with van der Waals surface area (Å²) in [6.07, 6.45) is 2.04. The van der Waals surface area contributed by atoms with E-state index in [-0.39, 0.29) is 0 Å². The molecular weight excluding hydrogens is 275 g/mol. The van der Waals surface area contributed by atoms with Gasteiger partial charge in [-0.3, -0.25) is 0 Å². The number of likely N-dealkylation sites (tertiary alicyclic amines) is 1. The Hall–Kier alpha value is -0.565. The molecule has 2 N–H and O–H groups in total. The van der Waals surface area contributed by atoms with Crippen LogP contribution in [0.25, 0.3) is 0 Å². The van der Waals surface area contributed by atoms with Gasteiger partial charge in [0.1, 0.15) is 0 Å². The highest BCUT2D eigenvalue weighted by molar-refractivity contribution is 7.89. The van der Waals surface area contributed by atoms with E-state index in [9.17, 15) is 4.55 Å². The Labute approximate surface area is 123 Å². The minimum Gasteiger partial charge on any atom is -0.593 e. The summed E-state index contributed by atoms with van der Waals surface area (Å²) >= 11 is -1.21. The molecule has 0 amide bonds. The van der Waals surface area contributed by atoms with E-state index in [1.807, 2.05) is 11.4 Å². The van der Waals surface area contributed by atoms with Crippen molar-refractivity contribution < 1.29 is 14.6 Å². The average molecular weight is 296 g/mol. The Morgan fingerprint density at radius 1 is 1.25 bits per heavy atom. The number of piperidine rings is 1. The highest BCUT2D eigenvalue weighted by Gasteiger charge is 2.29. The van der Waals surface area contributed by atoms with E-state index >= 15 is 0 Å². The average Bonchev–Trinajstić information content (AvgIpc) is 2.46. The summed E-state index contributed by atoms with van der Waals surface area (Å²) in [5, 5.41) is 18.1. The van der Waals surface area contributed by atoms with Gasteiger partial charge in [0.2, 0.25) is 0 Å². The summed E-state index contributed by atoms with van der Waals surface area (Å²) in [6, 6.07) is 6.91. The first kappa shape index (κ1) is 15.8. The maximum atomic E-state index is 12.5. The van der Waals surface area contributed by atoms with Crippen LogP contribution in [0.2, 0.25) is 0 Å². The van der Waals surface area contributed by atoms with Gasteiger partial charge in [-0.1, -0.05) is 12.1 Å².